The van der Waals surface area contributed by atoms with Crippen molar-refractivity contribution in [2.45, 2.75) is 11.8 Å². The number of halogens is 1. The molecule has 0 aliphatic heterocycles. The maximum Gasteiger partial charge on any atom is 0.270 e. The predicted molar refractivity (Wildman–Crippen MR) is 78.5 cm³/mol. The highest BCUT2D eigenvalue weighted by atomic mass is 35.5. The van der Waals surface area contributed by atoms with Crippen LogP contribution in [0.25, 0.3) is 11.0 Å². The summed E-state index contributed by atoms with van der Waals surface area (Å²) in [7, 11) is -3.75. The summed E-state index contributed by atoms with van der Waals surface area (Å²) >= 11 is 6.08. The van der Waals surface area contributed by atoms with Crippen LogP contribution < -0.4 is 0 Å². The van der Waals surface area contributed by atoms with Crippen molar-refractivity contribution in [3.8, 4) is 0 Å². The van der Waals surface area contributed by atoms with Crippen molar-refractivity contribution in [3.63, 3.8) is 0 Å². The van der Waals surface area contributed by atoms with E-state index in [1.165, 1.54) is 0 Å². The van der Waals surface area contributed by atoms with E-state index in [2.05, 4.69) is 4.98 Å². The Balaban J connectivity index is 2.29. The number of aryl methyl sites for hydroxylation is 1. The van der Waals surface area contributed by atoms with E-state index in [0.29, 0.717) is 11.0 Å². The van der Waals surface area contributed by atoms with E-state index >= 15 is 0 Å². The minimum atomic E-state index is -3.75. The molecule has 0 saturated carbocycles. The molecule has 2 aromatic heterocycles. The number of hydrogen-bond acceptors (Lipinski definition) is 3. The minimum Gasteiger partial charge on any atom is -0.237 e. The third-order valence-corrected chi connectivity index (χ3v) is 5.13. The number of aromatic nitrogens is 2. The number of fused-ring (bicyclic) bond motifs is 1. The van der Waals surface area contributed by atoms with Crippen molar-refractivity contribution >= 4 is 32.7 Å². The molecule has 0 bridgehead atoms. The molecule has 0 amide bonds. The van der Waals surface area contributed by atoms with Gasteiger partial charge in [-0.1, -0.05) is 29.3 Å². The lowest BCUT2D eigenvalue weighted by molar-refractivity contribution is 0.589. The summed E-state index contributed by atoms with van der Waals surface area (Å²) < 4.78 is 26.4. The van der Waals surface area contributed by atoms with Crippen LogP contribution in [-0.4, -0.2) is 17.4 Å². The first-order valence-electron chi connectivity index (χ1n) is 5.94. The Labute approximate surface area is 121 Å². The van der Waals surface area contributed by atoms with E-state index in [1.807, 2.05) is 6.92 Å². The first-order chi connectivity index (χ1) is 9.50. The first kappa shape index (κ1) is 13.1. The summed E-state index contributed by atoms with van der Waals surface area (Å²) in [4.78, 5) is 4.30. The molecule has 0 aliphatic carbocycles. The second-order valence-electron chi connectivity index (χ2n) is 4.47. The van der Waals surface area contributed by atoms with E-state index in [4.69, 9.17) is 11.6 Å². The highest BCUT2D eigenvalue weighted by molar-refractivity contribution is 7.90. The zero-order valence-corrected chi connectivity index (χ0v) is 12.2. The number of rotatable bonds is 2. The lowest BCUT2D eigenvalue weighted by Gasteiger charge is -2.08. The van der Waals surface area contributed by atoms with Gasteiger partial charge in [0.1, 0.15) is 5.15 Å². The van der Waals surface area contributed by atoms with Crippen LogP contribution in [0.2, 0.25) is 5.15 Å². The van der Waals surface area contributed by atoms with Crippen molar-refractivity contribution in [1.82, 2.24) is 8.96 Å². The Hall–Kier alpha value is -1.85. The van der Waals surface area contributed by atoms with Crippen LogP contribution in [0, 0.1) is 6.92 Å². The molecular formula is C14H11ClN2O2S. The molecule has 0 fully saturated rings. The number of benzene rings is 1. The van der Waals surface area contributed by atoms with Gasteiger partial charge in [-0.2, -0.15) is 0 Å². The molecule has 1 aromatic carbocycles. The van der Waals surface area contributed by atoms with Crippen molar-refractivity contribution in [2.24, 2.45) is 0 Å². The molecule has 6 heteroatoms. The van der Waals surface area contributed by atoms with Gasteiger partial charge in [-0.3, -0.25) is 0 Å². The molecule has 0 saturated heterocycles. The van der Waals surface area contributed by atoms with Crippen LogP contribution >= 0.6 is 11.6 Å². The molecule has 3 rings (SSSR count). The Morgan fingerprint density at radius 3 is 2.55 bits per heavy atom. The van der Waals surface area contributed by atoms with Crippen LogP contribution in [0.3, 0.4) is 0 Å². The van der Waals surface area contributed by atoms with Gasteiger partial charge in [0.05, 0.1) is 4.90 Å². The zero-order valence-electron chi connectivity index (χ0n) is 10.6. The lowest BCUT2D eigenvalue weighted by atomic mass is 10.2. The molecule has 2 heterocycles. The smallest absolute Gasteiger partial charge is 0.237 e. The second-order valence-corrected chi connectivity index (χ2v) is 6.64. The van der Waals surface area contributed by atoms with Gasteiger partial charge in [0.15, 0.2) is 5.65 Å². The quantitative estimate of drug-likeness (QED) is 0.730. The van der Waals surface area contributed by atoms with Gasteiger partial charge in [0.25, 0.3) is 10.0 Å². The SMILES string of the molecule is Cc1ccc(S(=O)(=O)n2c(Cl)cc3cccnc32)cc1. The molecule has 0 aliphatic rings. The minimum absolute atomic E-state index is 0.124. The number of nitrogens with zero attached hydrogens (tertiary/aromatic N) is 2. The van der Waals surface area contributed by atoms with Crippen LogP contribution in [0.5, 0.6) is 0 Å². The Kier molecular flexibility index (Phi) is 3.03. The molecule has 4 nitrogen and oxygen atoms in total. The summed E-state index contributed by atoms with van der Waals surface area (Å²) in [5, 5.41) is 0.812. The van der Waals surface area contributed by atoms with E-state index in [9.17, 15) is 8.42 Å². The summed E-state index contributed by atoms with van der Waals surface area (Å²) in [6.45, 7) is 1.90. The lowest BCUT2D eigenvalue weighted by Crippen LogP contribution is -2.13. The number of pyridine rings is 1. The maximum atomic E-state index is 12.7. The van der Waals surface area contributed by atoms with Crippen LogP contribution in [-0.2, 0) is 10.0 Å². The largest absolute Gasteiger partial charge is 0.270 e. The van der Waals surface area contributed by atoms with Crippen molar-refractivity contribution < 1.29 is 8.42 Å². The normalized spacial score (nSPS) is 11.9. The van der Waals surface area contributed by atoms with E-state index in [-0.39, 0.29) is 10.0 Å². The Morgan fingerprint density at radius 1 is 1.15 bits per heavy atom. The predicted octanol–water partition coefficient (Wildman–Crippen LogP) is 3.24. The van der Waals surface area contributed by atoms with Gasteiger partial charge in [-0.05, 0) is 37.3 Å². The van der Waals surface area contributed by atoms with Crippen molar-refractivity contribution in [1.29, 1.82) is 0 Å². The third kappa shape index (κ3) is 1.99. The highest BCUT2D eigenvalue weighted by Gasteiger charge is 2.22. The third-order valence-electron chi connectivity index (χ3n) is 3.04. The first-order valence-corrected chi connectivity index (χ1v) is 7.76. The van der Waals surface area contributed by atoms with Gasteiger partial charge in [0.2, 0.25) is 0 Å². The molecular weight excluding hydrogens is 296 g/mol. The fourth-order valence-corrected chi connectivity index (χ4v) is 3.85. The average Bonchev–Trinajstić information content (AvgIpc) is 2.75. The molecule has 102 valence electrons. The Morgan fingerprint density at radius 2 is 1.85 bits per heavy atom. The standard InChI is InChI=1S/C14H11ClN2O2S/c1-10-4-6-12(7-5-10)20(18,19)17-13(15)9-11-3-2-8-16-14(11)17/h2-9H,1H3. The van der Waals surface area contributed by atoms with E-state index in [1.54, 1.807) is 48.7 Å². The summed E-state index contributed by atoms with van der Waals surface area (Å²) in [6, 6.07) is 11.7. The molecule has 0 atom stereocenters. The van der Waals surface area contributed by atoms with Crippen LogP contribution in [0.15, 0.2) is 53.6 Å². The van der Waals surface area contributed by atoms with E-state index in [0.717, 1.165) is 9.54 Å². The van der Waals surface area contributed by atoms with Gasteiger partial charge in [-0.15, -0.1) is 0 Å². The molecule has 20 heavy (non-hydrogen) atoms. The van der Waals surface area contributed by atoms with Crippen molar-refractivity contribution in [2.75, 3.05) is 0 Å². The summed E-state index contributed by atoms with van der Waals surface area (Å²) in [6.07, 6.45) is 1.54. The Bertz CT molecular complexity index is 883. The molecule has 0 radical (unpaired) electrons. The summed E-state index contributed by atoms with van der Waals surface area (Å²) in [5.41, 5.74) is 1.32. The molecule has 3 aromatic rings. The highest BCUT2D eigenvalue weighted by Crippen LogP contribution is 2.27. The topological polar surface area (TPSA) is 52.0 Å². The monoisotopic (exact) mass is 306 g/mol. The molecule has 0 unspecified atom stereocenters. The summed E-state index contributed by atoms with van der Waals surface area (Å²) in [5.74, 6) is 0. The fourth-order valence-electron chi connectivity index (χ4n) is 2.02. The molecule has 0 N–H and O–H groups in total. The average molecular weight is 307 g/mol. The maximum absolute atomic E-state index is 12.7. The zero-order chi connectivity index (χ0) is 14.3. The molecule has 0 spiro atoms. The second kappa shape index (κ2) is 4.61. The fraction of sp³-hybridized carbons (Fsp3) is 0.0714. The van der Waals surface area contributed by atoms with Crippen LogP contribution in [0.1, 0.15) is 5.56 Å². The van der Waals surface area contributed by atoms with Gasteiger partial charge >= 0.3 is 0 Å². The van der Waals surface area contributed by atoms with Gasteiger partial charge < -0.3 is 0 Å². The van der Waals surface area contributed by atoms with Crippen LogP contribution in [0.4, 0.5) is 0 Å². The number of hydrogen-bond donors (Lipinski definition) is 0. The van der Waals surface area contributed by atoms with Crippen molar-refractivity contribution in [3.05, 3.63) is 59.4 Å². The van der Waals surface area contributed by atoms with Gasteiger partial charge in [0, 0.05) is 11.6 Å². The van der Waals surface area contributed by atoms with Gasteiger partial charge in [-0.25, -0.2) is 17.4 Å². The van der Waals surface area contributed by atoms with E-state index < -0.39 is 10.0 Å².